The van der Waals surface area contributed by atoms with Crippen molar-refractivity contribution in [3.05, 3.63) is 45.4 Å². The van der Waals surface area contributed by atoms with Crippen molar-refractivity contribution in [2.24, 2.45) is 0 Å². The van der Waals surface area contributed by atoms with Crippen LogP contribution in [0.1, 0.15) is 5.56 Å². The molecule has 0 aliphatic rings. The largest absolute Gasteiger partial charge is 0.206 e. The number of rotatable bonds is 1. The second kappa shape index (κ2) is 4.01. The second-order valence-corrected chi connectivity index (χ2v) is 4.40. The van der Waals surface area contributed by atoms with Crippen LogP contribution in [0.4, 0.5) is 4.39 Å². The quantitative estimate of drug-likeness (QED) is 0.733. The fraction of sp³-hybridized carbons (Fsp3) is 0. The molecule has 1 heterocycles. The Balaban J connectivity index is 2.70. The van der Waals surface area contributed by atoms with Crippen LogP contribution >= 0.6 is 22.9 Å². The summed E-state index contributed by atoms with van der Waals surface area (Å²) in [7, 11) is 0. The first-order chi connectivity index (χ1) is 7.24. The molecule has 2 aromatic rings. The van der Waals surface area contributed by atoms with E-state index in [0.29, 0.717) is 15.5 Å². The molecule has 0 fully saturated rings. The summed E-state index contributed by atoms with van der Waals surface area (Å²) in [6.45, 7) is 0. The summed E-state index contributed by atoms with van der Waals surface area (Å²) < 4.78 is 13.9. The molecule has 0 aliphatic carbocycles. The number of thiophene rings is 1. The predicted octanol–water partition coefficient (Wildman–Crippen LogP) is 4.08. The molecule has 15 heavy (non-hydrogen) atoms. The van der Waals surface area contributed by atoms with Crippen LogP contribution in [0.2, 0.25) is 4.34 Å². The van der Waals surface area contributed by atoms with Crippen LogP contribution < -0.4 is 0 Å². The summed E-state index contributed by atoms with van der Waals surface area (Å²) in [4.78, 5) is 0. The van der Waals surface area contributed by atoms with Crippen molar-refractivity contribution in [1.29, 1.82) is 5.26 Å². The highest BCUT2D eigenvalue weighted by molar-refractivity contribution is 7.15. The smallest absolute Gasteiger partial charge is 0.141 e. The predicted molar refractivity (Wildman–Crippen MR) is 59.4 cm³/mol. The third-order valence-corrected chi connectivity index (χ3v) is 3.20. The number of benzene rings is 1. The molecule has 4 heteroatoms. The van der Waals surface area contributed by atoms with Crippen molar-refractivity contribution in [2.75, 3.05) is 0 Å². The topological polar surface area (TPSA) is 23.8 Å². The van der Waals surface area contributed by atoms with Gasteiger partial charge in [-0.05, 0) is 17.5 Å². The van der Waals surface area contributed by atoms with Gasteiger partial charge < -0.3 is 0 Å². The fourth-order valence-corrected chi connectivity index (χ4v) is 2.30. The Kier molecular flexibility index (Phi) is 2.72. The number of nitriles is 1. The maximum atomic E-state index is 13.3. The number of nitrogens with zero attached hydrogens (tertiary/aromatic N) is 1. The molecule has 0 saturated carbocycles. The summed E-state index contributed by atoms with van der Waals surface area (Å²) in [5, 5.41) is 10.7. The van der Waals surface area contributed by atoms with Crippen LogP contribution in [-0.4, -0.2) is 0 Å². The number of hydrogen-bond acceptors (Lipinski definition) is 2. The molecule has 2 rings (SSSR count). The number of hydrogen-bond donors (Lipinski definition) is 0. The lowest BCUT2D eigenvalue weighted by molar-refractivity contribution is 0.624. The van der Waals surface area contributed by atoms with Gasteiger partial charge in [-0.25, -0.2) is 4.39 Å². The van der Waals surface area contributed by atoms with E-state index >= 15 is 0 Å². The Bertz CT molecular complexity index is 542. The van der Waals surface area contributed by atoms with Gasteiger partial charge in [0.15, 0.2) is 0 Å². The minimum Gasteiger partial charge on any atom is -0.206 e. The summed E-state index contributed by atoms with van der Waals surface area (Å²) in [5.41, 5.74) is 1.29. The second-order valence-electron chi connectivity index (χ2n) is 2.88. The van der Waals surface area contributed by atoms with Gasteiger partial charge in [0.1, 0.15) is 16.2 Å². The highest BCUT2D eigenvalue weighted by Crippen LogP contribution is 2.34. The third-order valence-electron chi connectivity index (χ3n) is 2.03. The monoisotopic (exact) mass is 237 g/mol. The molecular weight excluding hydrogens is 233 g/mol. The Morgan fingerprint density at radius 2 is 2.07 bits per heavy atom. The van der Waals surface area contributed by atoms with Crippen molar-refractivity contribution in [3.63, 3.8) is 0 Å². The summed E-state index contributed by atoms with van der Waals surface area (Å²) in [6.07, 6.45) is 0. The fourth-order valence-electron chi connectivity index (χ4n) is 1.35. The van der Waals surface area contributed by atoms with Gasteiger partial charge in [0, 0.05) is 11.1 Å². The molecule has 1 aromatic heterocycles. The van der Waals surface area contributed by atoms with E-state index in [1.807, 2.05) is 11.4 Å². The highest BCUT2D eigenvalue weighted by Gasteiger charge is 2.12. The minimum absolute atomic E-state index is 0.0396. The molecule has 1 aromatic carbocycles. The van der Waals surface area contributed by atoms with E-state index in [-0.39, 0.29) is 5.56 Å². The zero-order valence-corrected chi connectivity index (χ0v) is 9.07. The molecule has 0 unspecified atom stereocenters. The molecule has 0 bridgehead atoms. The molecule has 0 amide bonds. The molecule has 0 saturated heterocycles. The van der Waals surface area contributed by atoms with E-state index in [1.54, 1.807) is 18.2 Å². The van der Waals surface area contributed by atoms with Crippen LogP contribution in [0, 0.1) is 17.1 Å². The molecule has 0 N–H and O–H groups in total. The average Bonchev–Trinajstić information content (AvgIpc) is 2.64. The lowest BCUT2D eigenvalue weighted by Gasteiger charge is -2.02. The lowest BCUT2D eigenvalue weighted by atomic mass is 10.0. The molecule has 0 spiro atoms. The zero-order valence-electron chi connectivity index (χ0n) is 7.50. The van der Waals surface area contributed by atoms with Crippen LogP contribution in [0.25, 0.3) is 11.1 Å². The van der Waals surface area contributed by atoms with Gasteiger partial charge in [0.25, 0.3) is 0 Å². The Morgan fingerprint density at radius 3 is 2.67 bits per heavy atom. The third kappa shape index (κ3) is 1.74. The van der Waals surface area contributed by atoms with E-state index in [0.717, 1.165) is 0 Å². The zero-order chi connectivity index (χ0) is 10.8. The van der Waals surface area contributed by atoms with Gasteiger partial charge in [-0.1, -0.05) is 23.7 Å². The van der Waals surface area contributed by atoms with Gasteiger partial charge in [-0.2, -0.15) is 5.26 Å². The molecule has 0 aliphatic heterocycles. The van der Waals surface area contributed by atoms with Crippen LogP contribution in [-0.2, 0) is 0 Å². The van der Waals surface area contributed by atoms with Crippen molar-refractivity contribution < 1.29 is 4.39 Å². The van der Waals surface area contributed by atoms with E-state index in [4.69, 9.17) is 16.9 Å². The van der Waals surface area contributed by atoms with Gasteiger partial charge in [-0.15, -0.1) is 11.3 Å². The van der Waals surface area contributed by atoms with Gasteiger partial charge in [-0.3, -0.25) is 0 Å². The normalized spacial score (nSPS) is 9.93. The molecule has 0 atom stereocenters. The van der Waals surface area contributed by atoms with Crippen molar-refractivity contribution in [3.8, 4) is 17.2 Å². The first kappa shape index (κ1) is 10.2. The summed E-state index contributed by atoms with van der Waals surface area (Å²) in [5.74, 6) is -0.516. The Labute approximate surface area is 95.4 Å². The highest BCUT2D eigenvalue weighted by atomic mass is 35.5. The average molecular weight is 238 g/mol. The molecule has 1 nitrogen and oxygen atoms in total. The summed E-state index contributed by atoms with van der Waals surface area (Å²) in [6, 6.07) is 8.16. The van der Waals surface area contributed by atoms with E-state index in [1.165, 1.54) is 17.4 Å². The SMILES string of the molecule is N#Cc1c(F)cccc1-c1ccsc1Cl. The van der Waals surface area contributed by atoms with Crippen LogP contribution in [0.15, 0.2) is 29.6 Å². The maximum Gasteiger partial charge on any atom is 0.141 e. The molecule has 0 radical (unpaired) electrons. The standard InChI is InChI=1S/C11H5ClFNS/c12-11-8(4-5-15-11)7-2-1-3-10(13)9(7)6-14/h1-5H. The van der Waals surface area contributed by atoms with Crippen molar-refractivity contribution in [1.82, 2.24) is 0 Å². The van der Waals surface area contributed by atoms with Gasteiger partial charge >= 0.3 is 0 Å². The van der Waals surface area contributed by atoms with Crippen LogP contribution in [0.3, 0.4) is 0 Å². The maximum absolute atomic E-state index is 13.3. The van der Waals surface area contributed by atoms with Gasteiger partial charge in [0.2, 0.25) is 0 Å². The first-order valence-electron chi connectivity index (χ1n) is 4.16. The van der Waals surface area contributed by atoms with Crippen molar-refractivity contribution in [2.45, 2.75) is 0 Å². The summed E-state index contributed by atoms with van der Waals surface area (Å²) >= 11 is 7.30. The number of halogens is 2. The van der Waals surface area contributed by atoms with Crippen molar-refractivity contribution >= 4 is 22.9 Å². The van der Waals surface area contributed by atoms with Gasteiger partial charge in [0.05, 0.1) is 5.56 Å². The minimum atomic E-state index is -0.516. The molecular formula is C11H5ClFNS. The first-order valence-corrected chi connectivity index (χ1v) is 5.42. The van der Waals surface area contributed by atoms with E-state index < -0.39 is 5.82 Å². The lowest BCUT2D eigenvalue weighted by Crippen LogP contribution is -1.87. The Hall–Kier alpha value is -1.37. The molecule has 74 valence electrons. The van der Waals surface area contributed by atoms with E-state index in [9.17, 15) is 4.39 Å². The Morgan fingerprint density at radius 1 is 1.27 bits per heavy atom. The van der Waals surface area contributed by atoms with Crippen LogP contribution in [0.5, 0.6) is 0 Å². The van der Waals surface area contributed by atoms with E-state index in [2.05, 4.69) is 0 Å².